The van der Waals surface area contributed by atoms with Gasteiger partial charge in [0.15, 0.2) is 0 Å². The number of nitriles is 1. The molecule has 0 aromatic heterocycles. The van der Waals surface area contributed by atoms with Gasteiger partial charge in [-0.25, -0.2) is 4.79 Å². The molecular formula is C14H10ClN3O. The summed E-state index contributed by atoms with van der Waals surface area (Å²) in [5.74, 6) is 0. The predicted octanol–water partition coefficient (Wildman–Crippen LogP) is 3.86. The summed E-state index contributed by atoms with van der Waals surface area (Å²) < 4.78 is 0. The highest BCUT2D eigenvalue weighted by Gasteiger charge is 2.03. The molecule has 0 atom stereocenters. The molecular weight excluding hydrogens is 262 g/mol. The van der Waals surface area contributed by atoms with Crippen LogP contribution in [0.5, 0.6) is 0 Å². The van der Waals surface area contributed by atoms with Crippen LogP contribution >= 0.6 is 11.6 Å². The van der Waals surface area contributed by atoms with E-state index in [1.165, 1.54) is 0 Å². The number of rotatable bonds is 2. The number of benzene rings is 2. The third kappa shape index (κ3) is 3.73. The maximum Gasteiger partial charge on any atom is 0.323 e. The third-order valence-electron chi connectivity index (χ3n) is 2.33. The number of halogens is 1. The summed E-state index contributed by atoms with van der Waals surface area (Å²) in [4.78, 5) is 11.7. The van der Waals surface area contributed by atoms with Crippen LogP contribution in [0, 0.1) is 11.3 Å². The molecule has 0 heterocycles. The Morgan fingerprint density at radius 3 is 2.32 bits per heavy atom. The predicted molar refractivity (Wildman–Crippen MR) is 75.3 cm³/mol. The van der Waals surface area contributed by atoms with E-state index >= 15 is 0 Å². The lowest BCUT2D eigenvalue weighted by Gasteiger charge is -2.07. The molecule has 0 saturated heterocycles. The molecule has 2 aromatic rings. The number of urea groups is 1. The van der Waals surface area contributed by atoms with Crippen LogP contribution < -0.4 is 10.6 Å². The fourth-order valence-electron chi connectivity index (χ4n) is 1.53. The molecule has 2 rings (SSSR count). The molecule has 19 heavy (non-hydrogen) atoms. The molecule has 94 valence electrons. The van der Waals surface area contributed by atoms with E-state index in [2.05, 4.69) is 10.6 Å². The average molecular weight is 272 g/mol. The molecule has 0 saturated carbocycles. The van der Waals surface area contributed by atoms with E-state index < -0.39 is 6.03 Å². The van der Waals surface area contributed by atoms with Crippen molar-refractivity contribution in [2.24, 2.45) is 0 Å². The Hall–Kier alpha value is -2.51. The summed E-state index contributed by atoms with van der Waals surface area (Å²) in [6.07, 6.45) is 0. The van der Waals surface area contributed by atoms with Gasteiger partial charge in [-0.3, -0.25) is 0 Å². The smallest absolute Gasteiger partial charge is 0.308 e. The van der Waals surface area contributed by atoms with E-state index in [-0.39, 0.29) is 0 Å². The highest BCUT2D eigenvalue weighted by molar-refractivity contribution is 6.30. The zero-order chi connectivity index (χ0) is 13.7. The van der Waals surface area contributed by atoms with Crippen LogP contribution in [0.1, 0.15) is 5.56 Å². The largest absolute Gasteiger partial charge is 0.323 e. The van der Waals surface area contributed by atoms with Crippen LogP contribution in [0.15, 0.2) is 48.5 Å². The number of nitrogens with zero attached hydrogens (tertiary/aromatic N) is 1. The number of nitrogens with one attached hydrogen (secondary N) is 2. The van der Waals surface area contributed by atoms with Gasteiger partial charge >= 0.3 is 6.03 Å². The first kappa shape index (κ1) is 12.9. The van der Waals surface area contributed by atoms with E-state index in [0.29, 0.717) is 22.0 Å². The first-order chi connectivity index (χ1) is 9.17. The van der Waals surface area contributed by atoms with Gasteiger partial charge in [-0.05, 0) is 36.4 Å². The highest BCUT2D eigenvalue weighted by atomic mass is 35.5. The Labute approximate surface area is 115 Å². The van der Waals surface area contributed by atoms with Crippen molar-refractivity contribution in [2.75, 3.05) is 10.6 Å². The number of carbonyl (C=O) groups excluding carboxylic acids is 1. The Morgan fingerprint density at radius 2 is 1.68 bits per heavy atom. The summed E-state index contributed by atoms with van der Waals surface area (Å²) >= 11 is 5.82. The minimum Gasteiger partial charge on any atom is -0.308 e. The topological polar surface area (TPSA) is 64.9 Å². The second-order valence-electron chi connectivity index (χ2n) is 3.78. The summed E-state index contributed by atoms with van der Waals surface area (Å²) in [6, 6.07) is 15.1. The summed E-state index contributed by atoms with van der Waals surface area (Å²) in [5.41, 5.74) is 1.64. The molecule has 5 heteroatoms. The first-order valence-corrected chi connectivity index (χ1v) is 5.89. The summed E-state index contributed by atoms with van der Waals surface area (Å²) in [5, 5.41) is 14.6. The van der Waals surface area contributed by atoms with Crippen molar-refractivity contribution in [3.05, 3.63) is 59.1 Å². The maximum atomic E-state index is 11.7. The van der Waals surface area contributed by atoms with Crippen LogP contribution in [0.3, 0.4) is 0 Å². The van der Waals surface area contributed by atoms with Crippen molar-refractivity contribution < 1.29 is 4.79 Å². The van der Waals surface area contributed by atoms with Crippen molar-refractivity contribution in [3.8, 4) is 6.07 Å². The fourth-order valence-corrected chi connectivity index (χ4v) is 1.72. The van der Waals surface area contributed by atoms with Gasteiger partial charge in [0, 0.05) is 16.4 Å². The second kappa shape index (κ2) is 5.89. The normalized spacial score (nSPS) is 9.47. The van der Waals surface area contributed by atoms with Crippen molar-refractivity contribution in [1.29, 1.82) is 5.26 Å². The van der Waals surface area contributed by atoms with Crippen LogP contribution in [-0.2, 0) is 0 Å². The number of hydrogen-bond donors (Lipinski definition) is 2. The van der Waals surface area contributed by atoms with E-state index in [1.54, 1.807) is 48.5 Å². The number of carbonyl (C=O) groups is 1. The molecule has 2 N–H and O–H groups in total. The SMILES string of the molecule is N#Cc1cccc(NC(=O)Nc2cccc(Cl)c2)c1. The maximum absolute atomic E-state index is 11.7. The van der Waals surface area contributed by atoms with Gasteiger partial charge in [0.1, 0.15) is 0 Å². The summed E-state index contributed by atoms with van der Waals surface area (Å²) in [7, 11) is 0. The van der Waals surface area contributed by atoms with E-state index in [9.17, 15) is 4.79 Å². The van der Waals surface area contributed by atoms with Crippen LogP contribution in [0.4, 0.5) is 16.2 Å². The Kier molecular flexibility index (Phi) is 4.01. The van der Waals surface area contributed by atoms with E-state index in [0.717, 1.165) is 0 Å². The first-order valence-electron chi connectivity index (χ1n) is 5.51. The Morgan fingerprint density at radius 1 is 1.05 bits per heavy atom. The molecule has 0 aliphatic carbocycles. The van der Waals surface area contributed by atoms with Crippen LogP contribution in [-0.4, -0.2) is 6.03 Å². The molecule has 0 fully saturated rings. The molecule has 0 radical (unpaired) electrons. The zero-order valence-corrected chi connectivity index (χ0v) is 10.6. The third-order valence-corrected chi connectivity index (χ3v) is 2.57. The zero-order valence-electron chi connectivity index (χ0n) is 9.85. The van der Waals surface area contributed by atoms with Gasteiger partial charge in [0.2, 0.25) is 0 Å². The Balaban J connectivity index is 2.03. The number of anilines is 2. The minimum atomic E-state index is -0.391. The molecule has 0 aliphatic rings. The molecule has 0 unspecified atom stereocenters. The van der Waals surface area contributed by atoms with Crippen molar-refractivity contribution in [2.45, 2.75) is 0 Å². The fraction of sp³-hybridized carbons (Fsp3) is 0. The van der Waals surface area contributed by atoms with Crippen LogP contribution in [0.25, 0.3) is 0 Å². The van der Waals surface area contributed by atoms with Crippen LogP contribution in [0.2, 0.25) is 5.02 Å². The van der Waals surface area contributed by atoms with E-state index in [1.807, 2.05) is 6.07 Å². The molecule has 0 bridgehead atoms. The minimum absolute atomic E-state index is 0.391. The van der Waals surface area contributed by atoms with Gasteiger partial charge in [0.05, 0.1) is 11.6 Å². The van der Waals surface area contributed by atoms with Gasteiger partial charge in [-0.1, -0.05) is 23.7 Å². The molecule has 4 nitrogen and oxygen atoms in total. The molecule has 0 spiro atoms. The lowest BCUT2D eigenvalue weighted by molar-refractivity contribution is 0.262. The summed E-state index contributed by atoms with van der Waals surface area (Å²) in [6.45, 7) is 0. The molecule has 2 aromatic carbocycles. The Bertz CT molecular complexity index is 649. The number of amides is 2. The van der Waals surface area contributed by atoms with Gasteiger partial charge in [0.25, 0.3) is 0 Å². The molecule has 0 aliphatic heterocycles. The highest BCUT2D eigenvalue weighted by Crippen LogP contribution is 2.15. The van der Waals surface area contributed by atoms with Gasteiger partial charge < -0.3 is 10.6 Å². The lowest BCUT2D eigenvalue weighted by atomic mass is 10.2. The van der Waals surface area contributed by atoms with E-state index in [4.69, 9.17) is 16.9 Å². The van der Waals surface area contributed by atoms with Crippen molar-refractivity contribution >= 4 is 29.0 Å². The quantitative estimate of drug-likeness (QED) is 0.871. The standard InChI is InChI=1S/C14H10ClN3O/c15-11-4-2-6-13(8-11)18-14(19)17-12-5-1-3-10(7-12)9-16/h1-8H,(H2,17,18,19). The van der Waals surface area contributed by atoms with Gasteiger partial charge in [-0.2, -0.15) is 5.26 Å². The number of hydrogen-bond acceptors (Lipinski definition) is 2. The monoisotopic (exact) mass is 271 g/mol. The van der Waals surface area contributed by atoms with Crippen molar-refractivity contribution in [1.82, 2.24) is 0 Å². The second-order valence-corrected chi connectivity index (χ2v) is 4.22. The molecule has 2 amide bonds. The lowest BCUT2D eigenvalue weighted by Crippen LogP contribution is -2.19. The average Bonchev–Trinajstić information content (AvgIpc) is 2.38. The van der Waals surface area contributed by atoms with Crippen molar-refractivity contribution in [3.63, 3.8) is 0 Å². The van der Waals surface area contributed by atoms with Gasteiger partial charge in [-0.15, -0.1) is 0 Å².